The molecule has 1 aliphatic heterocycles. The highest BCUT2D eigenvalue weighted by Crippen LogP contribution is 2.36. The summed E-state index contributed by atoms with van der Waals surface area (Å²) < 4.78 is 17.4. The largest absolute Gasteiger partial charge is 0.494 e. The zero-order chi connectivity index (χ0) is 21.2. The maximum atomic E-state index is 12.0. The minimum atomic E-state index is -0.477. The molecule has 1 fully saturated rings. The van der Waals surface area contributed by atoms with Gasteiger partial charge >= 0.3 is 13.1 Å². The minimum absolute atomic E-state index is 0.01000. The highest BCUT2D eigenvalue weighted by Gasteiger charge is 2.51. The summed E-state index contributed by atoms with van der Waals surface area (Å²) in [7, 11) is -0.432. The van der Waals surface area contributed by atoms with Crippen LogP contribution in [0.3, 0.4) is 0 Å². The lowest BCUT2D eigenvalue weighted by atomic mass is 9.79. The van der Waals surface area contributed by atoms with E-state index < -0.39 is 29.2 Å². The van der Waals surface area contributed by atoms with Gasteiger partial charge in [0.1, 0.15) is 6.61 Å². The van der Waals surface area contributed by atoms with Gasteiger partial charge in [0.05, 0.1) is 22.5 Å². The molecule has 29 heavy (non-hydrogen) atoms. The molecule has 8 heteroatoms. The number of non-ortho nitro benzene ring substituents is 1. The number of nitro groups is 1. The maximum absolute atomic E-state index is 12.0. The summed E-state index contributed by atoms with van der Waals surface area (Å²) in [6.07, 6.45) is 0.0595. The number of carbonyl (C=O) groups is 1. The van der Waals surface area contributed by atoms with Crippen LogP contribution in [-0.2, 0) is 31.9 Å². The quantitative estimate of drug-likeness (QED) is 0.322. The molecule has 2 aromatic carbocycles. The van der Waals surface area contributed by atoms with Gasteiger partial charge in [-0.25, -0.2) is 0 Å². The Labute approximate surface area is 170 Å². The molecule has 7 nitrogen and oxygen atoms in total. The van der Waals surface area contributed by atoms with Gasteiger partial charge in [-0.3, -0.25) is 14.9 Å². The molecule has 0 atom stereocenters. The smallest absolute Gasteiger partial charge is 0.461 e. The van der Waals surface area contributed by atoms with Crippen molar-refractivity contribution in [3.63, 3.8) is 0 Å². The number of nitro benzene ring substituents is 1. The lowest BCUT2D eigenvalue weighted by Crippen LogP contribution is -2.41. The second-order valence-corrected chi connectivity index (χ2v) is 8.09. The predicted octanol–water partition coefficient (Wildman–Crippen LogP) is 3.18. The number of esters is 1. The fourth-order valence-corrected chi connectivity index (χ4v) is 2.87. The van der Waals surface area contributed by atoms with Gasteiger partial charge in [0, 0.05) is 12.1 Å². The zero-order valence-electron chi connectivity index (χ0n) is 17.0. The number of hydrogen-bond acceptors (Lipinski definition) is 6. The van der Waals surface area contributed by atoms with Crippen molar-refractivity contribution < 1.29 is 23.8 Å². The van der Waals surface area contributed by atoms with E-state index in [1.807, 2.05) is 52.0 Å². The van der Waals surface area contributed by atoms with Gasteiger partial charge in [-0.2, -0.15) is 0 Å². The van der Waals surface area contributed by atoms with Crippen molar-refractivity contribution in [1.29, 1.82) is 0 Å². The van der Waals surface area contributed by atoms with Crippen molar-refractivity contribution in [3.8, 4) is 0 Å². The van der Waals surface area contributed by atoms with E-state index in [0.717, 1.165) is 11.0 Å². The predicted molar refractivity (Wildman–Crippen MR) is 109 cm³/mol. The van der Waals surface area contributed by atoms with Crippen LogP contribution in [0.2, 0.25) is 0 Å². The van der Waals surface area contributed by atoms with Crippen molar-refractivity contribution in [1.82, 2.24) is 0 Å². The van der Waals surface area contributed by atoms with E-state index in [2.05, 4.69) is 0 Å². The summed E-state index contributed by atoms with van der Waals surface area (Å²) in [5.74, 6) is -0.395. The first-order chi connectivity index (χ1) is 13.6. The molecule has 0 amide bonds. The number of rotatable bonds is 6. The third-order valence-corrected chi connectivity index (χ3v) is 5.40. The number of nitrogens with zero attached hydrogens (tertiary/aromatic N) is 1. The molecule has 1 saturated heterocycles. The van der Waals surface area contributed by atoms with Crippen molar-refractivity contribution in [2.75, 3.05) is 0 Å². The van der Waals surface area contributed by atoms with E-state index in [-0.39, 0.29) is 18.7 Å². The molecular weight excluding hydrogens is 373 g/mol. The van der Waals surface area contributed by atoms with Crippen LogP contribution in [0, 0.1) is 10.1 Å². The number of hydrogen-bond donors (Lipinski definition) is 0. The summed E-state index contributed by atoms with van der Waals surface area (Å²) in [5, 5.41) is 10.7. The van der Waals surface area contributed by atoms with Crippen LogP contribution in [0.4, 0.5) is 5.69 Å². The molecule has 0 saturated carbocycles. The van der Waals surface area contributed by atoms with Crippen molar-refractivity contribution in [2.24, 2.45) is 0 Å². The zero-order valence-corrected chi connectivity index (χ0v) is 17.0. The molecular formula is C21H24BNO6. The van der Waals surface area contributed by atoms with Gasteiger partial charge in [0.2, 0.25) is 0 Å². The first-order valence-corrected chi connectivity index (χ1v) is 9.41. The molecule has 0 radical (unpaired) electrons. The summed E-state index contributed by atoms with van der Waals surface area (Å²) >= 11 is 0. The number of ether oxygens (including phenoxy) is 1. The van der Waals surface area contributed by atoms with Crippen LogP contribution in [0.25, 0.3) is 0 Å². The normalized spacial score (nSPS) is 17.2. The third kappa shape index (κ3) is 4.83. The second kappa shape index (κ2) is 7.97. The molecule has 1 heterocycles. The summed E-state index contributed by atoms with van der Waals surface area (Å²) in [6, 6.07) is 13.4. The first kappa shape index (κ1) is 21.0. The topological polar surface area (TPSA) is 87.9 Å². The summed E-state index contributed by atoms with van der Waals surface area (Å²) in [5.41, 5.74) is 1.61. The molecule has 0 aliphatic carbocycles. The second-order valence-electron chi connectivity index (χ2n) is 8.09. The van der Waals surface area contributed by atoms with Crippen LogP contribution in [-0.4, -0.2) is 29.2 Å². The molecule has 3 rings (SSSR count). The fraction of sp³-hybridized carbons (Fsp3) is 0.381. The fourth-order valence-electron chi connectivity index (χ4n) is 2.87. The van der Waals surface area contributed by atoms with Crippen LogP contribution < -0.4 is 5.46 Å². The van der Waals surface area contributed by atoms with E-state index in [4.69, 9.17) is 14.0 Å². The Bertz CT molecular complexity index is 876. The van der Waals surface area contributed by atoms with Crippen LogP contribution in [0.5, 0.6) is 0 Å². The van der Waals surface area contributed by atoms with Crippen LogP contribution in [0.1, 0.15) is 38.8 Å². The van der Waals surface area contributed by atoms with Gasteiger partial charge in [0.25, 0.3) is 5.69 Å². The highest BCUT2D eigenvalue weighted by molar-refractivity contribution is 6.62. The highest BCUT2D eigenvalue weighted by atomic mass is 16.7. The average molecular weight is 397 g/mol. The van der Waals surface area contributed by atoms with E-state index in [1.54, 1.807) is 12.1 Å². The number of benzene rings is 2. The van der Waals surface area contributed by atoms with Gasteiger partial charge in [0.15, 0.2) is 0 Å². The Morgan fingerprint density at radius 1 is 0.966 bits per heavy atom. The lowest BCUT2D eigenvalue weighted by molar-refractivity contribution is -0.384. The van der Waals surface area contributed by atoms with E-state index in [1.165, 1.54) is 12.1 Å². The average Bonchev–Trinajstić information content (AvgIpc) is 2.88. The van der Waals surface area contributed by atoms with Crippen molar-refractivity contribution >= 4 is 24.2 Å². The first-order valence-electron chi connectivity index (χ1n) is 9.41. The Kier molecular flexibility index (Phi) is 5.77. The van der Waals surface area contributed by atoms with Crippen LogP contribution >= 0.6 is 0 Å². The SMILES string of the molecule is CC1(C)OB(c2ccc(COC(=O)Cc3ccc([N+](=O)[O-])cc3)cc2)OC1(C)C. The Hall–Kier alpha value is -2.71. The molecule has 152 valence electrons. The summed E-state index contributed by atoms with van der Waals surface area (Å²) in [4.78, 5) is 22.2. The standard InChI is InChI=1S/C21H24BNO6/c1-20(2)21(3,4)29-22(28-20)17-9-5-16(6-10-17)14-27-19(24)13-15-7-11-18(12-8-15)23(25)26/h5-12H,13-14H2,1-4H3. The Morgan fingerprint density at radius 2 is 1.48 bits per heavy atom. The van der Waals surface area contributed by atoms with Crippen molar-refractivity contribution in [3.05, 3.63) is 69.8 Å². The molecule has 0 bridgehead atoms. The number of carbonyl (C=O) groups excluding carboxylic acids is 1. The minimum Gasteiger partial charge on any atom is -0.461 e. The molecule has 1 aliphatic rings. The molecule has 0 spiro atoms. The Balaban J connectivity index is 1.52. The van der Waals surface area contributed by atoms with E-state index in [0.29, 0.717) is 5.56 Å². The van der Waals surface area contributed by atoms with E-state index >= 15 is 0 Å². The molecule has 0 unspecified atom stereocenters. The van der Waals surface area contributed by atoms with Gasteiger partial charge < -0.3 is 14.0 Å². The monoisotopic (exact) mass is 397 g/mol. The molecule has 0 aromatic heterocycles. The Morgan fingerprint density at radius 3 is 2.00 bits per heavy atom. The maximum Gasteiger partial charge on any atom is 0.494 e. The van der Waals surface area contributed by atoms with E-state index in [9.17, 15) is 14.9 Å². The lowest BCUT2D eigenvalue weighted by Gasteiger charge is -2.32. The van der Waals surface area contributed by atoms with Gasteiger partial charge in [-0.05, 0) is 44.3 Å². The third-order valence-electron chi connectivity index (χ3n) is 5.40. The molecule has 0 N–H and O–H groups in total. The summed E-state index contributed by atoms with van der Waals surface area (Å²) in [6.45, 7) is 8.17. The van der Waals surface area contributed by atoms with Gasteiger partial charge in [-0.15, -0.1) is 0 Å². The molecule has 2 aromatic rings. The van der Waals surface area contributed by atoms with Crippen molar-refractivity contribution in [2.45, 2.75) is 51.9 Å². The van der Waals surface area contributed by atoms with Gasteiger partial charge in [-0.1, -0.05) is 36.4 Å². The van der Waals surface area contributed by atoms with Crippen LogP contribution in [0.15, 0.2) is 48.5 Å².